The molecule has 120 valence electrons. The first kappa shape index (κ1) is 17.9. The standard InChI is InChI=1S/C13H19F3N2O2S/c1-9(2)17-7-10-4-5-11(14)12(6-10)21(19,20)18(3)8-13(15)16/h4-6,9,13,17H,7-8H2,1-3H3. The van der Waals surface area contributed by atoms with E-state index in [-0.39, 0.29) is 6.04 Å². The smallest absolute Gasteiger partial charge is 0.252 e. The summed E-state index contributed by atoms with van der Waals surface area (Å²) in [7, 11) is -3.28. The molecule has 0 spiro atoms. The van der Waals surface area contributed by atoms with Crippen molar-refractivity contribution in [3.63, 3.8) is 0 Å². The minimum absolute atomic E-state index is 0.177. The second-order valence-electron chi connectivity index (χ2n) is 4.98. The molecule has 1 rings (SSSR count). The highest BCUT2D eigenvalue weighted by Gasteiger charge is 2.26. The first-order valence-electron chi connectivity index (χ1n) is 6.41. The van der Waals surface area contributed by atoms with E-state index in [0.29, 0.717) is 16.4 Å². The molecule has 0 saturated heterocycles. The van der Waals surface area contributed by atoms with Crippen molar-refractivity contribution in [3.05, 3.63) is 29.6 Å². The van der Waals surface area contributed by atoms with E-state index >= 15 is 0 Å². The monoisotopic (exact) mass is 324 g/mol. The Morgan fingerprint density at radius 2 is 1.90 bits per heavy atom. The van der Waals surface area contributed by atoms with E-state index in [1.54, 1.807) is 0 Å². The van der Waals surface area contributed by atoms with Crippen LogP contribution >= 0.6 is 0 Å². The van der Waals surface area contributed by atoms with Gasteiger partial charge in [0.2, 0.25) is 10.0 Å². The lowest BCUT2D eigenvalue weighted by Crippen LogP contribution is -2.32. The Balaban J connectivity index is 3.07. The molecule has 0 atom stereocenters. The highest BCUT2D eigenvalue weighted by atomic mass is 32.2. The summed E-state index contributed by atoms with van der Waals surface area (Å²) in [6.45, 7) is 3.21. The largest absolute Gasteiger partial charge is 0.310 e. The number of hydrogen-bond acceptors (Lipinski definition) is 3. The lowest BCUT2D eigenvalue weighted by atomic mass is 10.2. The van der Waals surface area contributed by atoms with Crippen LogP contribution in [0.2, 0.25) is 0 Å². The maximum absolute atomic E-state index is 13.7. The Morgan fingerprint density at radius 1 is 1.29 bits per heavy atom. The summed E-state index contributed by atoms with van der Waals surface area (Å²) in [4.78, 5) is -0.589. The van der Waals surface area contributed by atoms with Crippen LogP contribution in [0, 0.1) is 5.82 Å². The highest BCUT2D eigenvalue weighted by molar-refractivity contribution is 7.89. The average Bonchev–Trinajstić information content (AvgIpc) is 2.36. The lowest BCUT2D eigenvalue weighted by molar-refractivity contribution is 0.126. The van der Waals surface area contributed by atoms with Crippen molar-refractivity contribution in [2.75, 3.05) is 13.6 Å². The lowest BCUT2D eigenvalue weighted by Gasteiger charge is -2.18. The summed E-state index contributed by atoms with van der Waals surface area (Å²) in [5.74, 6) is -0.954. The molecule has 0 aliphatic rings. The van der Waals surface area contributed by atoms with E-state index in [1.807, 2.05) is 13.8 Å². The normalized spacial score (nSPS) is 12.6. The Kier molecular flexibility index (Phi) is 6.18. The quantitative estimate of drug-likeness (QED) is 0.836. The third-order valence-corrected chi connectivity index (χ3v) is 4.63. The SMILES string of the molecule is CC(C)NCc1ccc(F)c(S(=O)(=O)N(C)CC(F)F)c1. The van der Waals surface area contributed by atoms with E-state index in [0.717, 1.165) is 13.1 Å². The van der Waals surface area contributed by atoms with Crippen molar-refractivity contribution in [1.29, 1.82) is 0 Å². The molecular weight excluding hydrogens is 305 g/mol. The molecule has 1 aromatic carbocycles. The Morgan fingerprint density at radius 3 is 2.43 bits per heavy atom. The highest BCUT2D eigenvalue weighted by Crippen LogP contribution is 2.20. The zero-order valence-electron chi connectivity index (χ0n) is 12.1. The first-order valence-corrected chi connectivity index (χ1v) is 7.85. The molecule has 0 saturated carbocycles. The van der Waals surface area contributed by atoms with Gasteiger partial charge >= 0.3 is 0 Å². The minimum Gasteiger partial charge on any atom is -0.310 e. The second-order valence-corrected chi connectivity index (χ2v) is 6.99. The fourth-order valence-electron chi connectivity index (χ4n) is 1.64. The van der Waals surface area contributed by atoms with Gasteiger partial charge in [0.05, 0.1) is 6.54 Å². The molecule has 0 amide bonds. The van der Waals surface area contributed by atoms with Gasteiger partial charge in [-0.1, -0.05) is 19.9 Å². The van der Waals surface area contributed by atoms with Gasteiger partial charge in [0.15, 0.2) is 0 Å². The van der Waals surface area contributed by atoms with E-state index in [1.165, 1.54) is 12.1 Å². The molecule has 4 nitrogen and oxygen atoms in total. The van der Waals surface area contributed by atoms with Crippen molar-refractivity contribution in [3.8, 4) is 0 Å². The van der Waals surface area contributed by atoms with Crippen LogP contribution < -0.4 is 5.32 Å². The topological polar surface area (TPSA) is 49.4 Å². The van der Waals surface area contributed by atoms with Gasteiger partial charge in [0.1, 0.15) is 10.7 Å². The molecule has 1 aromatic rings. The molecule has 0 unspecified atom stereocenters. The van der Waals surface area contributed by atoms with Crippen LogP contribution in [0.25, 0.3) is 0 Å². The number of alkyl halides is 2. The van der Waals surface area contributed by atoms with Crippen molar-refractivity contribution >= 4 is 10.0 Å². The third kappa shape index (κ3) is 4.98. The van der Waals surface area contributed by atoms with Gasteiger partial charge < -0.3 is 5.32 Å². The molecule has 0 aliphatic carbocycles. The van der Waals surface area contributed by atoms with Crippen molar-refractivity contribution in [2.45, 2.75) is 37.8 Å². The summed E-state index contributed by atoms with van der Waals surface area (Å²) in [5.41, 5.74) is 0.564. The minimum atomic E-state index is -4.28. The summed E-state index contributed by atoms with van der Waals surface area (Å²) >= 11 is 0. The first-order chi connectivity index (χ1) is 9.64. The van der Waals surface area contributed by atoms with Crippen LogP contribution in [0.4, 0.5) is 13.2 Å². The summed E-state index contributed by atoms with van der Waals surface area (Å²) in [5, 5.41) is 3.07. The van der Waals surface area contributed by atoms with E-state index in [4.69, 9.17) is 0 Å². The van der Waals surface area contributed by atoms with Crippen LogP contribution in [0.5, 0.6) is 0 Å². The third-order valence-electron chi connectivity index (χ3n) is 2.79. The second kappa shape index (κ2) is 7.24. The van der Waals surface area contributed by atoms with Gasteiger partial charge in [-0.2, -0.15) is 4.31 Å². The summed E-state index contributed by atoms with van der Waals surface area (Å²) < 4.78 is 63.0. The van der Waals surface area contributed by atoms with Crippen molar-refractivity contribution in [1.82, 2.24) is 9.62 Å². The Bertz CT molecular complexity index is 577. The van der Waals surface area contributed by atoms with Gasteiger partial charge in [-0.3, -0.25) is 0 Å². The molecule has 0 bridgehead atoms. The number of halogens is 3. The van der Waals surface area contributed by atoms with Crippen LogP contribution in [0.1, 0.15) is 19.4 Å². The molecule has 0 aromatic heterocycles. The van der Waals surface area contributed by atoms with Gasteiger partial charge in [0, 0.05) is 19.6 Å². The van der Waals surface area contributed by atoms with Gasteiger partial charge in [-0.15, -0.1) is 0 Å². The number of rotatable bonds is 7. The van der Waals surface area contributed by atoms with Gasteiger partial charge in [0.25, 0.3) is 6.43 Å². The fraction of sp³-hybridized carbons (Fsp3) is 0.538. The molecule has 21 heavy (non-hydrogen) atoms. The molecule has 0 aliphatic heterocycles. The van der Waals surface area contributed by atoms with Gasteiger partial charge in [-0.05, 0) is 17.7 Å². The summed E-state index contributed by atoms with van der Waals surface area (Å²) in [6, 6.07) is 3.83. The maximum atomic E-state index is 13.7. The molecule has 1 N–H and O–H groups in total. The number of hydrogen-bond donors (Lipinski definition) is 1. The number of nitrogens with one attached hydrogen (secondary N) is 1. The molecular formula is C13H19F3N2O2S. The Hall–Kier alpha value is -1.12. The molecule has 0 fully saturated rings. The van der Waals surface area contributed by atoms with E-state index in [2.05, 4.69) is 5.32 Å². The molecule has 0 radical (unpaired) electrons. The van der Waals surface area contributed by atoms with Crippen molar-refractivity contribution in [2.24, 2.45) is 0 Å². The zero-order valence-corrected chi connectivity index (χ0v) is 12.9. The van der Waals surface area contributed by atoms with Crippen LogP contribution in [-0.2, 0) is 16.6 Å². The zero-order chi connectivity index (χ0) is 16.2. The molecule has 8 heteroatoms. The average molecular weight is 324 g/mol. The van der Waals surface area contributed by atoms with Crippen LogP contribution in [0.3, 0.4) is 0 Å². The number of sulfonamides is 1. The Labute approximate surface area is 123 Å². The fourth-order valence-corrected chi connectivity index (χ4v) is 2.90. The number of benzene rings is 1. The van der Waals surface area contributed by atoms with Crippen LogP contribution in [-0.4, -0.2) is 38.8 Å². The predicted molar refractivity (Wildman–Crippen MR) is 74.2 cm³/mol. The predicted octanol–water partition coefficient (Wildman–Crippen LogP) is 2.21. The van der Waals surface area contributed by atoms with Crippen LogP contribution in [0.15, 0.2) is 23.1 Å². The number of nitrogens with zero attached hydrogens (tertiary/aromatic N) is 1. The molecule has 0 heterocycles. The maximum Gasteiger partial charge on any atom is 0.252 e. The van der Waals surface area contributed by atoms with Crippen molar-refractivity contribution < 1.29 is 21.6 Å². The summed E-state index contributed by atoms with van der Waals surface area (Å²) in [6.07, 6.45) is -2.82. The van der Waals surface area contributed by atoms with E-state index < -0.39 is 33.7 Å². The van der Waals surface area contributed by atoms with E-state index in [9.17, 15) is 21.6 Å². The van der Waals surface area contributed by atoms with Gasteiger partial charge in [-0.25, -0.2) is 21.6 Å².